The van der Waals surface area contributed by atoms with Crippen molar-refractivity contribution in [1.29, 1.82) is 0 Å². The second-order valence-electron chi connectivity index (χ2n) is 5.47. The van der Waals surface area contributed by atoms with Crippen molar-refractivity contribution in [3.8, 4) is 0 Å². The fourth-order valence-electron chi connectivity index (χ4n) is 2.53. The van der Waals surface area contributed by atoms with Crippen LogP contribution in [0.5, 0.6) is 0 Å². The van der Waals surface area contributed by atoms with Crippen LogP contribution >= 0.6 is 22.6 Å². The third kappa shape index (κ3) is 4.22. The van der Waals surface area contributed by atoms with Gasteiger partial charge in [-0.15, -0.1) is 0 Å². The van der Waals surface area contributed by atoms with Crippen LogP contribution in [0.1, 0.15) is 52.4 Å². The van der Waals surface area contributed by atoms with Crippen molar-refractivity contribution in [2.45, 2.75) is 52.4 Å². The Morgan fingerprint density at radius 3 is 2.75 bits per heavy atom. The molecular formula is C13H24INO. The number of carbonyl (C=O) groups is 1. The van der Waals surface area contributed by atoms with Crippen molar-refractivity contribution >= 4 is 28.5 Å². The van der Waals surface area contributed by atoms with Crippen molar-refractivity contribution in [2.24, 2.45) is 11.3 Å². The Labute approximate surface area is 113 Å². The van der Waals surface area contributed by atoms with Crippen LogP contribution in [0.15, 0.2) is 0 Å². The molecule has 0 bridgehead atoms. The molecule has 3 heteroatoms. The second kappa shape index (κ2) is 6.82. The Morgan fingerprint density at radius 2 is 2.12 bits per heavy atom. The Kier molecular flexibility index (Phi) is 6.08. The van der Waals surface area contributed by atoms with E-state index in [1.165, 1.54) is 30.1 Å². The first-order valence-electron chi connectivity index (χ1n) is 6.41. The highest BCUT2D eigenvalue weighted by Gasteiger charge is 2.36. The summed E-state index contributed by atoms with van der Waals surface area (Å²) >= 11 is 2.38. The summed E-state index contributed by atoms with van der Waals surface area (Å²) < 4.78 is 1.18. The highest BCUT2D eigenvalue weighted by atomic mass is 127. The van der Waals surface area contributed by atoms with Crippen LogP contribution in [0.4, 0.5) is 0 Å². The van der Waals surface area contributed by atoms with E-state index in [0.29, 0.717) is 0 Å². The SMILES string of the molecule is CC1(C)CCCCC1C(=O)NCCCCI. The maximum atomic E-state index is 12.1. The topological polar surface area (TPSA) is 29.1 Å². The van der Waals surface area contributed by atoms with E-state index >= 15 is 0 Å². The summed E-state index contributed by atoms with van der Waals surface area (Å²) in [6, 6.07) is 0. The smallest absolute Gasteiger partial charge is 0.223 e. The van der Waals surface area contributed by atoms with Gasteiger partial charge in [0.05, 0.1) is 0 Å². The van der Waals surface area contributed by atoms with Crippen molar-refractivity contribution in [3.63, 3.8) is 0 Å². The average molecular weight is 337 g/mol. The fraction of sp³-hybridized carbons (Fsp3) is 0.923. The molecule has 1 atom stereocenters. The van der Waals surface area contributed by atoms with Crippen LogP contribution in [0.25, 0.3) is 0 Å². The maximum Gasteiger partial charge on any atom is 0.223 e. The molecule has 0 spiro atoms. The molecular weight excluding hydrogens is 313 g/mol. The molecule has 0 heterocycles. The number of nitrogens with one attached hydrogen (secondary N) is 1. The number of hydrogen-bond acceptors (Lipinski definition) is 1. The van der Waals surface area contributed by atoms with Gasteiger partial charge in [0.2, 0.25) is 5.91 Å². The van der Waals surface area contributed by atoms with E-state index in [9.17, 15) is 4.79 Å². The van der Waals surface area contributed by atoms with E-state index in [-0.39, 0.29) is 17.2 Å². The van der Waals surface area contributed by atoms with E-state index in [0.717, 1.165) is 19.4 Å². The molecule has 2 nitrogen and oxygen atoms in total. The van der Waals surface area contributed by atoms with Gasteiger partial charge in [-0.1, -0.05) is 49.3 Å². The van der Waals surface area contributed by atoms with Gasteiger partial charge in [0.15, 0.2) is 0 Å². The van der Waals surface area contributed by atoms with Gasteiger partial charge >= 0.3 is 0 Å². The minimum absolute atomic E-state index is 0.200. The van der Waals surface area contributed by atoms with Gasteiger partial charge in [0, 0.05) is 12.5 Å². The molecule has 1 aliphatic carbocycles. The number of rotatable bonds is 5. The molecule has 1 rings (SSSR count). The molecule has 0 radical (unpaired) electrons. The normalized spacial score (nSPS) is 24.1. The first-order chi connectivity index (χ1) is 7.58. The van der Waals surface area contributed by atoms with Gasteiger partial charge in [-0.2, -0.15) is 0 Å². The first kappa shape index (κ1) is 14.3. The molecule has 1 fully saturated rings. The zero-order valence-electron chi connectivity index (χ0n) is 10.5. The summed E-state index contributed by atoms with van der Waals surface area (Å²) in [5.41, 5.74) is 0.200. The molecule has 0 saturated heterocycles. The molecule has 1 amide bonds. The van der Waals surface area contributed by atoms with Gasteiger partial charge in [0.1, 0.15) is 0 Å². The van der Waals surface area contributed by atoms with Gasteiger partial charge in [-0.3, -0.25) is 4.79 Å². The Bertz CT molecular complexity index is 228. The van der Waals surface area contributed by atoms with Crippen molar-refractivity contribution in [1.82, 2.24) is 5.32 Å². The lowest BCUT2D eigenvalue weighted by Crippen LogP contribution is -2.41. The predicted octanol–water partition coefficient (Wildman–Crippen LogP) is 3.53. The zero-order chi connectivity index (χ0) is 12.0. The second-order valence-corrected chi connectivity index (χ2v) is 6.55. The number of alkyl halides is 1. The molecule has 1 aliphatic rings. The summed E-state index contributed by atoms with van der Waals surface area (Å²) in [6.45, 7) is 5.33. The molecule has 0 aliphatic heterocycles. The van der Waals surface area contributed by atoms with Crippen molar-refractivity contribution < 1.29 is 4.79 Å². The van der Waals surface area contributed by atoms with Crippen LogP contribution in [0, 0.1) is 11.3 Å². The lowest BCUT2D eigenvalue weighted by atomic mass is 9.68. The third-order valence-corrected chi connectivity index (χ3v) is 4.45. The third-order valence-electron chi connectivity index (χ3n) is 3.68. The lowest BCUT2D eigenvalue weighted by molar-refractivity contribution is -0.130. The Balaban J connectivity index is 2.34. The van der Waals surface area contributed by atoms with E-state index < -0.39 is 0 Å². The van der Waals surface area contributed by atoms with E-state index in [2.05, 4.69) is 41.8 Å². The van der Waals surface area contributed by atoms with Crippen LogP contribution in [-0.4, -0.2) is 16.9 Å². The fourth-order valence-corrected chi connectivity index (χ4v) is 3.07. The van der Waals surface area contributed by atoms with Gasteiger partial charge in [0.25, 0.3) is 0 Å². The predicted molar refractivity (Wildman–Crippen MR) is 76.9 cm³/mol. The number of amides is 1. The quantitative estimate of drug-likeness (QED) is 0.464. The molecule has 0 aromatic rings. The molecule has 0 aromatic carbocycles. The van der Waals surface area contributed by atoms with Crippen molar-refractivity contribution in [3.05, 3.63) is 0 Å². The Hall–Kier alpha value is 0.200. The van der Waals surface area contributed by atoms with E-state index in [1.54, 1.807) is 0 Å². The van der Waals surface area contributed by atoms with Gasteiger partial charge in [-0.05, 0) is 35.5 Å². The molecule has 16 heavy (non-hydrogen) atoms. The first-order valence-corrected chi connectivity index (χ1v) is 7.94. The summed E-state index contributed by atoms with van der Waals surface area (Å²) in [5.74, 6) is 0.527. The van der Waals surface area contributed by atoms with Crippen molar-refractivity contribution in [2.75, 3.05) is 11.0 Å². The molecule has 1 saturated carbocycles. The molecule has 0 aromatic heterocycles. The lowest BCUT2D eigenvalue weighted by Gasteiger charge is -2.37. The minimum Gasteiger partial charge on any atom is -0.356 e. The monoisotopic (exact) mass is 337 g/mol. The number of halogens is 1. The van der Waals surface area contributed by atoms with Crippen LogP contribution in [-0.2, 0) is 4.79 Å². The highest BCUT2D eigenvalue weighted by Crippen LogP contribution is 2.40. The average Bonchev–Trinajstić information content (AvgIpc) is 2.23. The molecule has 1 unspecified atom stereocenters. The Morgan fingerprint density at radius 1 is 1.38 bits per heavy atom. The van der Waals surface area contributed by atoms with E-state index in [4.69, 9.17) is 0 Å². The largest absolute Gasteiger partial charge is 0.356 e. The summed E-state index contributed by atoms with van der Waals surface area (Å²) in [7, 11) is 0. The zero-order valence-corrected chi connectivity index (χ0v) is 12.7. The van der Waals surface area contributed by atoms with Crippen LogP contribution in [0.2, 0.25) is 0 Å². The van der Waals surface area contributed by atoms with Gasteiger partial charge < -0.3 is 5.32 Å². The summed E-state index contributed by atoms with van der Waals surface area (Å²) in [6.07, 6.45) is 7.08. The molecule has 1 N–H and O–H groups in total. The number of carbonyl (C=O) groups excluding carboxylic acids is 1. The maximum absolute atomic E-state index is 12.1. The number of unbranched alkanes of at least 4 members (excludes halogenated alkanes) is 1. The molecule has 94 valence electrons. The number of hydrogen-bond donors (Lipinski definition) is 1. The minimum atomic E-state index is 0.200. The van der Waals surface area contributed by atoms with Crippen LogP contribution in [0.3, 0.4) is 0 Å². The van der Waals surface area contributed by atoms with Gasteiger partial charge in [-0.25, -0.2) is 0 Å². The standard InChI is InChI=1S/C13H24INO/c1-13(2)8-4-3-7-11(13)12(16)15-10-6-5-9-14/h11H,3-10H2,1-2H3,(H,15,16). The highest BCUT2D eigenvalue weighted by molar-refractivity contribution is 14.1. The summed E-state index contributed by atoms with van der Waals surface area (Å²) in [5, 5.41) is 3.10. The van der Waals surface area contributed by atoms with E-state index in [1.807, 2.05) is 0 Å². The van der Waals surface area contributed by atoms with Crippen LogP contribution < -0.4 is 5.32 Å². The summed E-state index contributed by atoms with van der Waals surface area (Å²) in [4.78, 5) is 12.1.